The maximum atomic E-state index is 10.2. The van der Waals surface area contributed by atoms with Gasteiger partial charge in [0, 0.05) is 31.4 Å². The number of hydrogen-bond acceptors (Lipinski definition) is 10. The summed E-state index contributed by atoms with van der Waals surface area (Å²) in [5.74, 6) is 1.48. The number of aromatic nitrogens is 4. The molecule has 0 spiro atoms. The van der Waals surface area contributed by atoms with E-state index in [9.17, 15) is 5.11 Å². The maximum absolute atomic E-state index is 10.2. The molecule has 3 N–H and O–H groups in total. The van der Waals surface area contributed by atoms with E-state index in [0.29, 0.717) is 50.3 Å². The molecule has 0 aliphatic rings. The third-order valence-corrected chi connectivity index (χ3v) is 17.0. The Hall–Kier alpha value is -4.58. The van der Waals surface area contributed by atoms with Crippen molar-refractivity contribution in [3.63, 3.8) is 0 Å². The van der Waals surface area contributed by atoms with Crippen molar-refractivity contribution in [2.75, 3.05) is 10.6 Å². The number of rotatable bonds is 12. The number of halogens is 4. The lowest BCUT2D eigenvalue weighted by Gasteiger charge is -2.40. The molecule has 12 nitrogen and oxygen atoms in total. The van der Waals surface area contributed by atoms with Crippen LogP contribution in [0.25, 0.3) is 32.6 Å². The Labute approximate surface area is 384 Å². The highest BCUT2D eigenvalue weighted by atomic mass is 79.9. The average molecular weight is 1010 g/mol. The molecule has 0 amide bonds. The first kappa shape index (κ1) is 47.5. The molecule has 61 heavy (non-hydrogen) atoms. The monoisotopic (exact) mass is 1010 g/mol. The van der Waals surface area contributed by atoms with Crippen LogP contribution < -0.4 is 10.6 Å². The van der Waals surface area contributed by atoms with E-state index in [2.05, 4.69) is 106 Å². The van der Waals surface area contributed by atoms with E-state index in [1.807, 2.05) is 68.4 Å². The van der Waals surface area contributed by atoms with Crippen molar-refractivity contribution in [3.8, 4) is 22.9 Å². The standard InChI is InChI=1S/C25H30BrClN4O2Si.C19H16BrClN4O2/c1-15-19(13-14-20(28-6)21(15)27)29-22(16(2)33-34(7,8)25(3,4)5)24-31-30-23(32-24)17-9-11-18(26)12-10-17;1-10-14(8-9-15(22-3)16(10)21)23-17(11(2)26)19-25-24-18(27-19)12-4-6-13(20)7-5-12/h9-14,16,22,29H,1-5,7-8H3;4-9,11,17,23,26H,1-2H3/t16-,22+;11-,17+/m00/s1. The van der Waals surface area contributed by atoms with E-state index in [1.54, 1.807) is 32.0 Å². The van der Waals surface area contributed by atoms with Gasteiger partial charge in [-0.25, -0.2) is 9.69 Å². The van der Waals surface area contributed by atoms with Gasteiger partial charge >= 0.3 is 0 Å². The molecule has 318 valence electrons. The number of benzene rings is 4. The molecule has 2 heterocycles. The minimum Gasteiger partial charge on any atom is -0.418 e. The molecule has 0 aliphatic carbocycles. The molecule has 0 unspecified atom stereocenters. The highest BCUT2D eigenvalue weighted by Gasteiger charge is 2.41. The van der Waals surface area contributed by atoms with Crippen LogP contribution in [-0.2, 0) is 4.43 Å². The quantitative estimate of drug-likeness (QED) is 0.0802. The van der Waals surface area contributed by atoms with Crippen LogP contribution in [0.2, 0.25) is 28.2 Å². The fourth-order valence-electron chi connectivity index (χ4n) is 5.78. The van der Waals surface area contributed by atoms with Gasteiger partial charge in [0.1, 0.15) is 12.1 Å². The third-order valence-electron chi connectivity index (χ3n) is 10.4. The Kier molecular flexibility index (Phi) is 15.6. The summed E-state index contributed by atoms with van der Waals surface area (Å²) < 4.78 is 20.5. The van der Waals surface area contributed by atoms with Crippen molar-refractivity contribution in [1.29, 1.82) is 0 Å². The minimum atomic E-state index is -2.08. The van der Waals surface area contributed by atoms with Gasteiger partial charge in [-0.3, -0.25) is 0 Å². The zero-order valence-corrected chi connectivity index (χ0v) is 40.8. The van der Waals surface area contributed by atoms with Crippen LogP contribution >= 0.6 is 55.1 Å². The summed E-state index contributed by atoms with van der Waals surface area (Å²) in [7, 11) is -2.08. The van der Waals surface area contributed by atoms with E-state index in [0.717, 1.165) is 31.3 Å². The first-order valence-electron chi connectivity index (χ1n) is 19.1. The van der Waals surface area contributed by atoms with Crippen molar-refractivity contribution in [1.82, 2.24) is 20.4 Å². The molecule has 0 saturated carbocycles. The summed E-state index contributed by atoms with van der Waals surface area (Å²) in [6, 6.07) is 21.1. The minimum absolute atomic E-state index is 0.0414. The van der Waals surface area contributed by atoms with Crippen molar-refractivity contribution in [2.45, 2.75) is 90.9 Å². The van der Waals surface area contributed by atoms with Gasteiger partial charge in [-0.1, -0.05) is 88.0 Å². The topological polar surface area (TPSA) is 140 Å². The van der Waals surface area contributed by atoms with Gasteiger partial charge < -0.3 is 29.0 Å². The smallest absolute Gasteiger partial charge is 0.247 e. The lowest BCUT2D eigenvalue weighted by atomic mass is 10.1. The van der Waals surface area contributed by atoms with Crippen LogP contribution in [0, 0.1) is 27.0 Å². The Morgan fingerprint density at radius 1 is 0.689 bits per heavy atom. The fraction of sp³-hybridized carbons (Fsp3) is 0.318. The number of hydrogen-bond donors (Lipinski definition) is 3. The van der Waals surface area contributed by atoms with E-state index in [4.69, 9.17) is 49.6 Å². The van der Waals surface area contributed by atoms with E-state index in [1.165, 1.54) is 0 Å². The fourth-order valence-corrected chi connectivity index (χ4v) is 8.14. The number of nitrogens with zero attached hydrogens (tertiary/aromatic N) is 6. The molecule has 0 aliphatic heterocycles. The second kappa shape index (κ2) is 20.1. The summed E-state index contributed by atoms with van der Waals surface area (Å²) >= 11 is 19.5. The second-order valence-electron chi connectivity index (χ2n) is 15.8. The summed E-state index contributed by atoms with van der Waals surface area (Å²) in [5, 5.41) is 34.6. The molecular formula is C44H46Br2Cl2N8O4Si. The van der Waals surface area contributed by atoms with Gasteiger partial charge in [0.2, 0.25) is 34.9 Å². The van der Waals surface area contributed by atoms with Gasteiger partial charge in [-0.15, -0.1) is 20.4 Å². The molecule has 0 saturated heterocycles. The van der Waals surface area contributed by atoms with Gasteiger partial charge in [-0.2, -0.15) is 0 Å². The number of aliphatic hydroxyl groups excluding tert-OH is 1. The Bertz CT molecular complexity index is 2550. The third kappa shape index (κ3) is 11.5. The normalized spacial score (nSPS) is 13.5. The lowest BCUT2D eigenvalue weighted by Crippen LogP contribution is -2.45. The van der Waals surface area contributed by atoms with Gasteiger partial charge in [0.25, 0.3) is 0 Å². The highest BCUT2D eigenvalue weighted by Crippen LogP contribution is 2.41. The Morgan fingerprint density at radius 2 is 1.08 bits per heavy atom. The van der Waals surface area contributed by atoms with E-state index in [-0.39, 0.29) is 17.0 Å². The van der Waals surface area contributed by atoms with Gasteiger partial charge in [0.05, 0.1) is 35.4 Å². The summed E-state index contributed by atoms with van der Waals surface area (Å²) in [6.07, 6.45) is -1.07. The first-order chi connectivity index (χ1) is 28.7. The van der Waals surface area contributed by atoms with Crippen LogP contribution in [0.3, 0.4) is 0 Å². The number of nitrogens with one attached hydrogen (secondary N) is 2. The molecule has 0 fully saturated rings. The summed E-state index contributed by atoms with van der Waals surface area (Å²) in [6.45, 7) is 32.9. The zero-order chi connectivity index (χ0) is 44.8. The van der Waals surface area contributed by atoms with Gasteiger partial charge in [-0.05, 0) is 118 Å². The van der Waals surface area contributed by atoms with Crippen LogP contribution in [0.15, 0.2) is 90.6 Å². The van der Waals surface area contributed by atoms with Crippen LogP contribution in [0.4, 0.5) is 22.7 Å². The predicted molar refractivity (Wildman–Crippen MR) is 252 cm³/mol. The zero-order valence-electron chi connectivity index (χ0n) is 35.1. The number of aliphatic hydroxyl groups is 1. The van der Waals surface area contributed by atoms with Crippen molar-refractivity contribution >= 4 is 86.1 Å². The van der Waals surface area contributed by atoms with Crippen molar-refractivity contribution in [3.05, 3.63) is 138 Å². The SMILES string of the molecule is [C-]#[N+]c1ccc(N[C@@H](c2nnc(-c3ccc(Br)cc3)o2)[C@H](C)O)c(C)c1Cl.[C-]#[N+]c1ccc(N[C@@H](c2nnc(-c3ccc(Br)cc3)o2)[C@H](C)O[Si](C)(C)C(C)(C)C)c(C)c1Cl. The molecule has 0 bridgehead atoms. The summed E-state index contributed by atoms with van der Waals surface area (Å²) in [5.41, 5.74) is 5.38. The Balaban J connectivity index is 0.000000237. The molecule has 6 rings (SSSR count). The predicted octanol–water partition coefficient (Wildman–Crippen LogP) is 14.1. The largest absolute Gasteiger partial charge is 0.418 e. The molecular weight excluding hydrogens is 963 g/mol. The molecule has 2 aromatic heterocycles. The number of anilines is 2. The molecule has 4 aromatic carbocycles. The second-order valence-corrected chi connectivity index (χ2v) is 23.2. The van der Waals surface area contributed by atoms with Gasteiger partial charge in [0.15, 0.2) is 8.32 Å². The van der Waals surface area contributed by atoms with Crippen molar-refractivity contribution in [2.24, 2.45) is 0 Å². The van der Waals surface area contributed by atoms with Crippen LogP contribution in [0.5, 0.6) is 0 Å². The highest BCUT2D eigenvalue weighted by molar-refractivity contribution is 9.10. The average Bonchev–Trinajstić information content (AvgIpc) is 3.90. The van der Waals surface area contributed by atoms with Crippen molar-refractivity contribution < 1.29 is 18.4 Å². The summed E-state index contributed by atoms with van der Waals surface area (Å²) in [4.78, 5) is 6.87. The molecule has 4 atom stereocenters. The molecule has 0 radical (unpaired) electrons. The maximum Gasteiger partial charge on any atom is 0.247 e. The molecule has 17 heteroatoms. The lowest BCUT2D eigenvalue weighted by molar-refractivity contribution is 0.159. The van der Waals surface area contributed by atoms with Crippen LogP contribution in [-0.4, -0.2) is 46.0 Å². The van der Waals surface area contributed by atoms with E-state index < -0.39 is 26.5 Å². The van der Waals surface area contributed by atoms with E-state index >= 15 is 0 Å². The first-order valence-corrected chi connectivity index (χ1v) is 24.4. The van der Waals surface area contributed by atoms with Crippen LogP contribution in [0.1, 0.15) is 69.6 Å². The molecule has 6 aromatic rings. The Morgan fingerprint density at radius 3 is 1.46 bits per heavy atom.